The molecule has 2 aromatic carbocycles. The molecule has 35 heavy (non-hydrogen) atoms. The Kier molecular flexibility index (Phi) is 9.15. The van der Waals surface area contributed by atoms with E-state index < -0.39 is 21.9 Å². The molecule has 0 saturated carbocycles. The van der Waals surface area contributed by atoms with Crippen LogP contribution in [0.1, 0.15) is 37.4 Å². The van der Waals surface area contributed by atoms with Gasteiger partial charge in [0.15, 0.2) is 0 Å². The molecule has 0 fully saturated rings. The minimum atomic E-state index is -4.00. The summed E-state index contributed by atoms with van der Waals surface area (Å²) in [6.07, 6.45) is 1.39. The Bertz CT molecular complexity index is 1340. The van der Waals surface area contributed by atoms with E-state index in [1.807, 2.05) is 6.07 Å². The Morgan fingerprint density at radius 2 is 1.91 bits per heavy atom. The van der Waals surface area contributed by atoms with Crippen molar-refractivity contribution >= 4 is 56.2 Å². The first kappa shape index (κ1) is 26.5. The molecule has 0 radical (unpaired) electrons. The third-order valence-electron chi connectivity index (χ3n) is 4.62. The second-order valence-corrected chi connectivity index (χ2v) is 10.9. The van der Waals surface area contributed by atoms with Gasteiger partial charge in [0.1, 0.15) is 10.8 Å². The summed E-state index contributed by atoms with van der Waals surface area (Å²) >= 11 is 2.53. The maximum atomic E-state index is 13.0. The predicted octanol–water partition coefficient (Wildman–Crippen LogP) is 4.33. The van der Waals surface area contributed by atoms with Crippen LogP contribution in [0.3, 0.4) is 0 Å². The first-order chi connectivity index (χ1) is 16.6. The van der Waals surface area contributed by atoms with Crippen molar-refractivity contribution in [1.29, 1.82) is 0 Å². The fourth-order valence-electron chi connectivity index (χ4n) is 2.92. The monoisotopic (exact) mass is 535 g/mol. The highest BCUT2D eigenvalue weighted by Gasteiger charge is 2.19. The SMILES string of the molecule is Cc1csc(NC(=O)c2cccc(CSCCS(=O)(=O)O)c2)c1C(=O)N/N=C/c1ccc(F)cc1. The van der Waals surface area contributed by atoms with Crippen LogP contribution < -0.4 is 10.7 Å². The molecule has 3 N–H and O–H groups in total. The maximum Gasteiger partial charge on any atom is 0.274 e. The summed E-state index contributed by atoms with van der Waals surface area (Å²) in [5.41, 5.74) is 5.18. The molecule has 0 bridgehead atoms. The van der Waals surface area contributed by atoms with E-state index >= 15 is 0 Å². The van der Waals surface area contributed by atoms with E-state index in [1.165, 1.54) is 53.6 Å². The molecule has 3 aromatic rings. The van der Waals surface area contributed by atoms with Crippen molar-refractivity contribution in [3.63, 3.8) is 0 Å². The van der Waals surface area contributed by atoms with Gasteiger partial charge in [-0.05, 0) is 53.3 Å². The molecule has 1 aromatic heterocycles. The minimum absolute atomic E-state index is 0.228. The van der Waals surface area contributed by atoms with E-state index in [2.05, 4.69) is 15.8 Å². The van der Waals surface area contributed by atoms with Crippen molar-refractivity contribution in [2.75, 3.05) is 16.8 Å². The zero-order valence-electron chi connectivity index (χ0n) is 18.5. The molecule has 0 aliphatic rings. The lowest BCUT2D eigenvalue weighted by molar-refractivity contribution is 0.0956. The molecule has 1 heterocycles. The van der Waals surface area contributed by atoms with Gasteiger partial charge in [-0.1, -0.05) is 24.3 Å². The summed E-state index contributed by atoms with van der Waals surface area (Å²) in [4.78, 5) is 25.5. The summed E-state index contributed by atoms with van der Waals surface area (Å²) in [6.45, 7) is 1.75. The highest BCUT2D eigenvalue weighted by atomic mass is 32.2. The van der Waals surface area contributed by atoms with Crippen molar-refractivity contribution in [3.8, 4) is 0 Å². The molecule has 0 aliphatic carbocycles. The minimum Gasteiger partial charge on any atom is -0.313 e. The number of hydrazone groups is 1. The highest BCUT2D eigenvalue weighted by Crippen LogP contribution is 2.28. The van der Waals surface area contributed by atoms with Gasteiger partial charge in [-0.15, -0.1) is 11.3 Å². The Hall–Kier alpha value is -3.06. The van der Waals surface area contributed by atoms with E-state index in [1.54, 1.807) is 30.5 Å². The standard InChI is InChI=1S/C23H22FN3O5S3/c1-15-13-34-23(20(15)22(29)27-25-12-16-5-7-19(24)8-6-16)26-21(28)18-4-2-3-17(11-18)14-33-9-10-35(30,31)32/h2-8,11-13H,9-10,14H2,1H3,(H,26,28)(H,27,29)(H,30,31,32)/b25-12+. The maximum absolute atomic E-state index is 13.0. The van der Waals surface area contributed by atoms with Gasteiger partial charge in [-0.3, -0.25) is 14.1 Å². The molecule has 0 saturated heterocycles. The Morgan fingerprint density at radius 1 is 1.17 bits per heavy atom. The number of carbonyl (C=O) groups is 2. The lowest BCUT2D eigenvalue weighted by atomic mass is 10.1. The number of nitrogens with one attached hydrogen (secondary N) is 2. The largest absolute Gasteiger partial charge is 0.313 e. The highest BCUT2D eigenvalue weighted by molar-refractivity contribution is 7.99. The Balaban J connectivity index is 1.63. The van der Waals surface area contributed by atoms with Crippen LogP contribution in [0.25, 0.3) is 0 Å². The second kappa shape index (κ2) is 12.1. The third kappa shape index (κ3) is 8.28. The van der Waals surface area contributed by atoms with Gasteiger partial charge in [0.05, 0.1) is 17.5 Å². The smallest absolute Gasteiger partial charge is 0.274 e. The molecule has 0 atom stereocenters. The zero-order chi connectivity index (χ0) is 25.4. The average molecular weight is 536 g/mol. The number of hydrogen-bond acceptors (Lipinski definition) is 7. The van der Waals surface area contributed by atoms with Crippen LogP contribution in [0.4, 0.5) is 9.39 Å². The van der Waals surface area contributed by atoms with Crippen molar-refractivity contribution in [1.82, 2.24) is 5.43 Å². The number of thiophene rings is 1. The number of aryl methyl sites for hydroxylation is 1. The van der Waals surface area contributed by atoms with Crippen LogP contribution in [-0.2, 0) is 15.9 Å². The third-order valence-corrected chi connectivity index (χ3v) is 7.64. The fourth-order valence-corrected chi connectivity index (χ4v) is 5.73. The fraction of sp³-hybridized carbons (Fsp3) is 0.174. The molecular weight excluding hydrogens is 513 g/mol. The lowest BCUT2D eigenvalue weighted by Gasteiger charge is -2.08. The number of halogens is 1. The average Bonchev–Trinajstić information content (AvgIpc) is 3.17. The first-order valence-electron chi connectivity index (χ1n) is 10.2. The quantitative estimate of drug-likeness (QED) is 0.154. The summed E-state index contributed by atoms with van der Waals surface area (Å²) in [5.74, 6) is -0.918. The number of amides is 2. The van der Waals surface area contributed by atoms with Gasteiger partial charge in [-0.2, -0.15) is 25.3 Å². The van der Waals surface area contributed by atoms with Crippen molar-refractivity contribution < 1.29 is 27.0 Å². The van der Waals surface area contributed by atoms with Crippen LogP contribution in [-0.4, -0.2) is 42.5 Å². The first-order valence-corrected chi connectivity index (χ1v) is 13.9. The molecule has 12 heteroatoms. The van der Waals surface area contributed by atoms with E-state index in [0.717, 1.165) is 5.56 Å². The van der Waals surface area contributed by atoms with Crippen LogP contribution in [0.5, 0.6) is 0 Å². The predicted molar refractivity (Wildman–Crippen MR) is 137 cm³/mol. The van der Waals surface area contributed by atoms with Gasteiger partial charge in [0.2, 0.25) is 0 Å². The van der Waals surface area contributed by atoms with Crippen molar-refractivity contribution in [2.45, 2.75) is 12.7 Å². The molecule has 8 nitrogen and oxygen atoms in total. The number of rotatable bonds is 10. The van der Waals surface area contributed by atoms with Crippen molar-refractivity contribution in [3.05, 3.63) is 87.5 Å². The topological polar surface area (TPSA) is 125 Å². The summed E-state index contributed by atoms with van der Waals surface area (Å²) in [6, 6.07) is 12.5. The van der Waals surface area contributed by atoms with Gasteiger partial charge in [-0.25, -0.2) is 9.82 Å². The number of hydrogen-bond donors (Lipinski definition) is 3. The summed E-state index contributed by atoms with van der Waals surface area (Å²) in [7, 11) is -4.00. The van der Waals surface area contributed by atoms with Gasteiger partial charge in [0.25, 0.3) is 21.9 Å². The van der Waals surface area contributed by atoms with Crippen LogP contribution >= 0.6 is 23.1 Å². The summed E-state index contributed by atoms with van der Waals surface area (Å²) < 4.78 is 43.4. The molecule has 3 rings (SSSR count). The summed E-state index contributed by atoms with van der Waals surface area (Å²) in [5, 5.41) is 8.78. The number of thioether (sulfide) groups is 1. The molecule has 0 aliphatic heterocycles. The van der Waals surface area contributed by atoms with E-state index in [4.69, 9.17) is 4.55 Å². The molecule has 184 valence electrons. The van der Waals surface area contributed by atoms with Crippen LogP contribution in [0, 0.1) is 12.7 Å². The van der Waals surface area contributed by atoms with Crippen LogP contribution in [0.15, 0.2) is 59.0 Å². The number of benzene rings is 2. The number of nitrogens with zero attached hydrogens (tertiary/aromatic N) is 1. The zero-order valence-corrected chi connectivity index (χ0v) is 21.0. The van der Waals surface area contributed by atoms with Crippen molar-refractivity contribution in [2.24, 2.45) is 5.10 Å². The Morgan fingerprint density at radius 3 is 2.63 bits per heavy atom. The van der Waals surface area contributed by atoms with E-state index in [0.29, 0.717) is 27.4 Å². The molecular formula is C23H22FN3O5S3. The van der Waals surface area contributed by atoms with Gasteiger partial charge < -0.3 is 5.32 Å². The molecule has 0 spiro atoms. The Labute approximate surface area is 210 Å². The molecule has 2 amide bonds. The number of carbonyl (C=O) groups excluding carboxylic acids is 2. The van der Waals surface area contributed by atoms with Crippen LogP contribution in [0.2, 0.25) is 0 Å². The lowest BCUT2D eigenvalue weighted by Crippen LogP contribution is -2.21. The number of anilines is 1. The van der Waals surface area contributed by atoms with E-state index in [9.17, 15) is 22.4 Å². The second-order valence-electron chi connectivity index (χ2n) is 7.37. The normalized spacial score (nSPS) is 11.5. The van der Waals surface area contributed by atoms with E-state index in [-0.39, 0.29) is 22.9 Å². The molecule has 0 unspecified atom stereocenters. The van der Waals surface area contributed by atoms with Gasteiger partial charge in [0, 0.05) is 17.1 Å². The van der Waals surface area contributed by atoms with Gasteiger partial charge >= 0.3 is 0 Å².